The number of nitrogens with zero attached hydrogens (tertiary/aromatic N) is 1. The van der Waals surface area contributed by atoms with Gasteiger partial charge in [-0.05, 0) is 44.4 Å². The molecule has 1 aliphatic heterocycles. The number of hydrogen-bond acceptors (Lipinski definition) is 3. The molecule has 2 rings (SSSR count). The highest BCUT2D eigenvalue weighted by Crippen LogP contribution is 2.23. The zero-order valence-corrected chi connectivity index (χ0v) is 12.1. The molecule has 0 N–H and O–H groups in total. The predicted molar refractivity (Wildman–Crippen MR) is 77.0 cm³/mol. The van der Waals surface area contributed by atoms with E-state index in [0.717, 1.165) is 25.8 Å². The molecule has 0 bridgehead atoms. The van der Waals surface area contributed by atoms with Crippen LogP contribution >= 0.6 is 0 Å². The third kappa shape index (κ3) is 3.38. The van der Waals surface area contributed by atoms with Crippen LogP contribution < -0.4 is 4.74 Å². The average Bonchev–Trinajstić information content (AvgIpc) is 2.46. The van der Waals surface area contributed by atoms with E-state index in [-0.39, 0.29) is 17.7 Å². The standard InChI is InChI=1S/C16H21NO3/c1-12(18)10-14-7-3-4-9-17(14)16(19)13-6-5-8-15(11-13)20-2/h5-6,8,11,14H,3-4,7,9-10H2,1-2H3. The Morgan fingerprint density at radius 3 is 2.85 bits per heavy atom. The van der Waals surface area contributed by atoms with E-state index in [1.807, 2.05) is 17.0 Å². The van der Waals surface area contributed by atoms with E-state index in [1.165, 1.54) is 0 Å². The SMILES string of the molecule is COc1cccc(C(=O)N2CCCCC2CC(C)=O)c1. The van der Waals surface area contributed by atoms with Crippen LogP contribution in [0.15, 0.2) is 24.3 Å². The van der Waals surface area contributed by atoms with Gasteiger partial charge in [-0.25, -0.2) is 0 Å². The highest BCUT2D eigenvalue weighted by Gasteiger charge is 2.28. The fraction of sp³-hybridized carbons (Fsp3) is 0.500. The first-order valence-corrected chi connectivity index (χ1v) is 7.06. The Morgan fingerprint density at radius 2 is 2.15 bits per heavy atom. The number of carbonyl (C=O) groups is 2. The Hall–Kier alpha value is -1.84. The second-order valence-electron chi connectivity index (χ2n) is 5.29. The van der Waals surface area contributed by atoms with Crippen molar-refractivity contribution in [1.82, 2.24) is 4.90 Å². The van der Waals surface area contributed by atoms with Crippen LogP contribution in [0.3, 0.4) is 0 Å². The maximum atomic E-state index is 12.6. The van der Waals surface area contributed by atoms with E-state index in [2.05, 4.69) is 0 Å². The first-order valence-electron chi connectivity index (χ1n) is 7.06. The topological polar surface area (TPSA) is 46.6 Å². The van der Waals surface area contributed by atoms with Crippen molar-refractivity contribution in [1.29, 1.82) is 0 Å². The maximum absolute atomic E-state index is 12.6. The Morgan fingerprint density at radius 1 is 1.35 bits per heavy atom. The van der Waals surface area contributed by atoms with Gasteiger partial charge in [0.1, 0.15) is 11.5 Å². The molecule has 1 aromatic rings. The van der Waals surface area contributed by atoms with Gasteiger partial charge >= 0.3 is 0 Å². The maximum Gasteiger partial charge on any atom is 0.254 e. The molecule has 1 fully saturated rings. The van der Waals surface area contributed by atoms with Gasteiger partial charge in [0, 0.05) is 24.6 Å². The summed E-state index contributed by atoms with van der Waals surface area (Å²) < 4.78 is 5.16. The van der Waals surface area contributed by atoms with Crippen molar-refractivity contribution >= 4 is 11.7 Å². The number of carbonyl (C=O) groups excluding carboxylic acids is 2. The number of ether oxygens (including phenoxy) is 1. The average molecular weight is 275 g/mol. The number of Topliss-reactive ketones (excluding diaryl/α,β-unsaturated/α-hetero) is 1. The van der Waals surface area contributed by atoms with E-state index in [4.69, 9.17) is 4.74 Å². The van der Waals surface area contributed by atoms with Crippen LogP contribution in [0.4, 0.5) is 0 Å². The van der Waals surface area contributed by atoms with Gasteiger partial charge in [-0.2, -0.15) is 0 Å². The summed E-state index contributed by atoms with van der Waals surface area (Å²) in [5.74, 6) is 0.811. The van der Waals surface area contributed by atoms with Gasteiger partial charge in [-0.15, -0.1) is 0 Å². The molecule has 0 aromatic heterocycles. The number of hydrogen-bond donors (Lipinski definition) is 0. The van der Waals surface area contributed by atoms with Gasteiger partial charge < -0.3 is 9.64 Å². The molecule has 20 heavy (non-hydrogen) atoms. The van der Waals surface area contributed by atoms with Crippen molar-refractivity contribution in [3.8, 4) is 5.75 Å². The third-order valence-electron chi connectivity index (χ3n) is 3.73. The van der Waals surface area contributed by atoms with E-state index in [0.29, 0.717) is 17.7 Å². The number of piperidine rings is 1. The molecule has 0 aliphatic carbocycles. The lowest BCUT2D eigenvalue weighted by Gasteiger charge is -2.35. The third-order valence-corrected chi connectivity index (χ3v) is 3.73. The molecule has 1 aromatic carbocycles. The fourth-order valence-electron chi connectivity index (χ4n) is 2.73. The molecule has 1 saturated heterocycles. The summed E-state index contributed by atoms with van der Waals surface area (Å²) in [4.78, 5) is 25.8. The molecule has 0 saturated carbocycles. The summed E-state index contributed by atoms with van der Waals surface area (Å²) in [5, 5.41) is 0. The Kier molecular flexibility index (Phi) is 4.77. The number of ketones is 1. The lowest BCUT2D eigenvalue weighted by atomic mass is 9.97. The van der Waals surface area contributed by atoms with Gasteiger partial charge in [-0.1, -0.05) is 6.07 Å². The van der Waals surface area contributed by atoms with Crippen LogP contribution in [0.25, 0.3) is 0 Å². The minimum absolute atomic E-state index is 0.00477. The highest BCUT2D eigenvalue weighted by atomic mass is 16.5. The fourth-order valence-corrected chi connectivity index (χ4v) is 2.73. The van der Waals surface area contributed by atoms with Crippen LogP contribution in [0.1, 0.15) is 43.0 Å². The zero-order chi connectivity index (χ0) is 14.5. The molecule has 1 atom stereocenters. The van der Waals surface area contributed by atoms with Crippen LogP contribution in [0.5, 0.6) is 5.75 Å². The summed E-state index contributed by atoms with van der Waals surface area (Å²) in [6.07, 6.45) is 3.45. The lowest BCUT2D eigenvalue weighted by Crippen LogP contribution is -2.44. The first-order chi connectivity index (χ1) is 9.61. The van der Waals surface area contributed by atoms with Crippen molar-refractivity contribution in [2.75, 3.05) is 13.7 Å². The van der Waals surface area contributed by atoms with Crippen LogP contribution in [0.2, 0.25) is 0 Å². The van der Waals surface area contributed by atoms with Crippen molar-refractivity contribution in [2.45, 2.75) is 38.6 Å². The second-order valence-corrected chi connectivity index (χ2v) is 5.29. The van der Waals surface area contributed by atoms with E-state index in [9.17, 15) is 9.59 Å². The lowest BCUT2D eigenvalue weighted by molar-refractivity contribution is -0.118. The Balaban J connectivity index is 2.18. The van der Waals surface area contributed by atoms with Gasteiger partial charge in [0.05, 0.1) is 7.11 Å². The van der Waals surface area contributed by atoms with Crippen LogP contribution in [-0.4, -0.2) is 36.3 Å². The molecular weight excluding hydrogens is 254 g/mol. The minimum Gasteiger partial charge on any atom is -0.497 e. The number of likely N-dealkylation sites (tertiary alicyclic amines) is 1. The number of amides is 1. The van der Waals surface area contributed by atoms with Crippen molar-refractivity contribution in [2.24, 2.45) is 0 Å². The molecule has 0 spiro atoms. The summed E-state index contributed by atoms with van der Waals surface area (Å²) in [6, 6.07) is 7.22. The number of rotatable bonds is 4. The molecule has 4 heteroatoms. The molecule has 1 amide bonds. The van der Waals surface area contributed by atoms with Crippen molar-refractivity contribution in [3.63, 3.8) is 0 Å². The molecule has 1 heterocycles. The molecule has 108 valence electrons. The zero-order valence-electron chi connectivity index (χ0n) is 12.1. The largest absolute Gasteiger partial charge is 0.497 e. The summed E-state index contributed by atoms with van der Waals surface area (Å²) in [5.41, 5.74) is 0.625. The second kappa shape index (κ2) is 6.55. The van der Waals surface area contributed by atoms with Gasteiger partial charge in [0.2, 0.25) is 0 Å². The minimum atomic E-state index is -0.00477. The van der Waals surface area contributed by atoms with Crippen LogP contribution in [0, 0.1) is 0 Å². The Bertz CT molecular complexity index is 498. The summed E-state index contributed by atoms with van der Waals surface area (Å²) in [6.45, 7) is 2.32. The molecule has 4 nitrogen and oxygen atoms in total. The van der Waals surface area contributed by atoms with E-state index < -0.39 is 0 Å². The van der Waals surface area contributed by atoms with Crippen molar-refractivity contribution < 1.29 is 14.3 Å². The summed E-state index contributed by atoms with van der Waals surface area (Å²) in [7, 11) is 1.59. The quantitative estimate of drug-likeness (QED) is 0.848. The molecule has 1 unspecified atom stereocenters. The highest BCUT2D eigenvalue weighted by molar-refractivity contribution is 5.95. The van der Waals surface area contributed by atoms with Gasteiger partial charge in [0.15, 0.2) is 0 Å². The smallest absolute Gasteiger partial charge is 0.254 e. The van der Waals surface area contributed by atoms with Gasteiger partial charge in [0.25, 0.3) is 5.91 Å². The normalized spacial score (nSPS) is 18.7. The van der Waals surface area contributed by atoms with E-state index >= 15 is 0 Å². The number of methoxy groups -OCH3 is 1. The van der Waals surface area contributed by atoms with Crippen molar-refractivity contribution in [3.05, 3.63) is 29.8 Å². The molecule has 0 radical (unpaired) electrons. The Labute approximate surface area is 119 Å². The molecular formula is C16H21NO3. The first kappa shape index (κ1) is 14.6. The van der Waals surface area contributed by atoms with Crippen LogP contribution in [-0.2, 0) is 4.79 Å². The molecule has 1 aliphatic rings. The monoisotopic (exact) mass is 275 g/mol. The predicted octanol–water partition coefficient (Wildman–Crippen LogP) is 2.67. The van der Waals surface area contributed by atoms with E-state index in [1.54, 1.807) is 26.2 Å². The van der Waals surface area contributed by atoms with Gasteiger partial charge in [-0.3, -0.25) is 9.59 Å². The summed E-state index contributed by atoms with van der Waals surface area (Å²) >= 11 is 0. The number of benzene rings is 1.